The van der Waals surface area contributed by atoms with Gasteiger partial charge in [0.15, 0.2) is 6.61 Å². The largest absolute Gasteiger partial charge is 0.495 e. The van der Waals surface area contributed by atoms with Crippen molar-refractivity contribution in [3.8, 4) is 11.5 Å². The van der Waals surface area contributed by atoms with E-state index in [-0.39, 0.29) is 6.61 Å². The van der Waals surface area contributed by atoms with Gasteiger partial charge < -0.3 is 19.9 Å². The summed E-state index contributed by atoms with van der Waals surface area (Å²) in [7, 11) is 1.48. The predicted molar refractivity (Wildman–Crippen MR) is 73.8 cm³/mol. The molecule has 0 atom stereocenters. The minimum absolute atomic E-state index is 0.230. The molecule has 6 heteroatoms. The SMILES string of the molecule is COc1cc(OCC(=O)OC(C)(C)C)c(N)cc1Cl. The molecule has 5 nitrogen and oxygen atoms in total. The molecule has 0 aliphatic carbocycles. The second-order valence-electron chi connectivity index (χ2n) is 4.90. The summed E-state index contributed by atoms with van der Waals surface area (Å²) in [5.74, 6) is 0.281. The topological polar surface area (TPSA) is 70.8 Å². The van der Waals surface area contributed by atoms with Crippen molar-refractivity contribution in [2.75, 3.05) is 19.5 Å². The molecule has 0 heterocycles. The van der Waals surface area contributed by atoms with Gasteiger partial charge in [-0.1, -0.05) is 11.6 Å². The number of anilines is 1. The number of nitrogen functional groups attached to an aromatic ring is 1. The van der Waals surface area contributed by atoms with E-state index in [1.807, 2.05) is 0 Å². The Morgan fingerprint density at radius 2 is 1.95 bits per heavy atom. The Bertz CT molecular complexity index is 468. The molecule has 0 spiro atoms. The van der Waals surface area contributed by atoms with Gasteiger partial charge in [-0.15, -0.1) is 0 Å². The smallest absolute Gasteiger partial charge is 0.344 e. The van der Waals surface area contributed by atoms with Crippen molar-refractivity contribution in [3.63, 3.8) is 0 Å². The number of methoxy groups -OCH3 is 1. The maximum Gasteiger partial charge on any atom is 0.344 e. The van der Waals surface area contributed by atoms with Crippen molar-refractivity contribution in [3.05, 3.63) is 17.2 Å². The number of hydrogen-bond donors (Lipinski definition) is 1. The highest BCUT2D eigenvalue weighted by Crippen LogP contribution is 2.34. The van der Waals surface area contributed by atoms with Crippen molar-refractivity contribution < 1.29 is 19.0 Å². The first kappa shape index (κ1) is 15.4. The zero-order chi connectivity index (χ0) is 14.6. The quantitative estimate of drug-likeness (QED) is 0.681. The van der Waals surface area contributed by atoms with E-state index in [0.29, 0.717) is 22.2 Å². The van der Waals surface area contributed by atoms with Crippen LogP contribution in [0.4, 0.5) is 5.69 Å². The number of ether oxygens (including phenoxy) is 3. The predicted octanol–water partition coefficient (Wildman–Crippen LogP) is 2.65. The Morgan fingerprint density at radius 1 is 1.32 bits per heavy atom. The highest BCUT2D eigenvalue weighted by atomic mass is 35.5. The summed E-state index contributed by atoms with van der Waals surface area (Å²) in [6, 6.07) is 3.03. The van der Waals surface area contributed by atoms with Crippen molar-refractivity contribution in [2.45, 2.75) is 26.4 Å². The van der Waals surface area contributed by atoms with E-state index in [0.717, 1.165) is 0 Å². The second-order valence-corrected chi connectivity index (χ2v) is 5.31. The average molecular weight is 288 g/mol. The van der Waals surface area contributed by atoms with Gasteiger partial charge in [0.1, 0.15) is 17.1 Å². The summed E-state index contributed by atoms with van der Waals surface area (Å²) in [6.45, 7) is 5.12. The molecule has 1 rings (SSSR count). The van der Waals surface area contributed by atoms with Gasteiger partial charge in [0, 0.05) is 6.07 Å². The molecule has 0 fully saturated rings. The van der Waals surface area contributed by atoms with E-state index >= 15 is 0 Å². The van der Waals surface area contributed by atoms with Gasteiger partial charge in [0.25, 0.3) is 0 Å². The average Bonchev–Trinajstić information content (AvgIpc) is 2.25. The molecule has 0 aliphatic heterocycles. The Labute approximate surface area is 117 Å². The number of halogens is 1. The van der Waals surface area contributed by atoms with Crippen molar-refractivity contribution in [1.29, 1.82) is 0 Å². The third-order valence-electron chi connectivity index (χ3n) is 2.05. The molecule has 1 aromatic carbocycles. The van der Waals surface area contributed by atoms with Gasteiger partial charge in [0.05, 0.1) is 17.8 Å². The van der Waals surface area contributed by atoms with E-state index in [2.05, 4.69) is 0 Å². The van der Waals surface area contributed by atoms with Crippen LogP contribution in [0.3, 0.4) is 0 Å². The highest BCUT2D eigenvalue weighted by Gasteiger charge is 2.17. The summed E-state index contributed by atoms with van der Waals surface area (Å²) < 4.78 is 15.5. The highest BCUT2D eigenvalue weighted by molar-refractivity contribution is 6.32. The molecular formula is C13H18ClNO4. The van der Waals surface area contributed by atoms with Crippen molar-refractivity contribution in [2.24, 2.45) is 0 Å². The number of carbonyl (C=O) groups excluding carboxylic acids is 1. The lowest BCUT2D eigenvalue weighted by atomic mass is 10.2. The fraction of sp³-hybridized carbons (Fsp3) is 0.462. The van der Waals surface area contributed by atoms with Crippen LogP contribution in [-0.4, -0.2) is 25.3 Å². The van der Waals surface area contributed by atoms with Crippen LogP contribution < -0.4 is 15.2 Å². The number of nitrogens with two attached hydrogens (primary N) is 1. The number of rotatable bonds is 4. The second kappa shape index (κ2) is 6.02. The van der Waals surface area contributed by atoms with Crippen LogP contribution in [0.1, 0.15) is 20.8 Å². The van der Waals surface area contributed by atoms with Gasteiger partial charge >= 0.3 is 5.97 Å². The molecule has 0 amide bonds. The lowest BCUT2D eigenvalue weighted by molar-refractivity contribution is -0.157. The molecule has 0 bridgehead atoms. The molecule has 0 saturated carbocycles. The van der Waals surface area contributed by atoms with Crippen LogP contribution >= 0.6 is 11.6 Å². The van der Waals surface area contributed by atoms with Gasteiger partial charge in [0.2, 0.25) is 0 Å². The van der Waals surface area contributed by atoms with Crippen LogP contribution in [0, 0.1) is 0 Å². The van der Waals surface area contributed by atoms with Crippen LogP contribution in [0.15, 0.2) is 12.1 Å². The maximum absolute atomic E-state index is 11.5. The number of benzene rings is 1. The monoisotopic (exact) mass is 287 g/mol. The van der Waals surface area contributed by atoms with Crippen molar-refractivity contribution in [1.82, 2.24) is 0 Å². The van der Waals surface area contributed by atoms with E-state index in [9.17, 15) is 4.79 Å². The molecular weight excluding hydrogens is 270 g/mol. The molecule has 19 heavy (non-hydrogen) atoms. The maximum atomic E-state index is 11.5. The minimum Gasteiger partial charge on any atom is -0.495 e. The summed E-state index contributed by atoms with van der Waals surface area (Å²) in [5.41, 5.74) is 5.52. The summed E-state index contributed by atoms with van der Waals surface area (Å²) >= 11 is 5.90. The normalized spacial score (nSPS) is 11.0. The third-order valence-corrected chi connectivity index (χ3v) is 2.35. The van der Waals surface area contributed by atoms with Gasteiger partial charge in [-0.25, -0.2) is 4.79 Å². The van der Waals surface area contributed by atoms with Crippen LogP contribution in [0.5, 0.6) is 11.5 Å². The van der Waals surface area contributed by atoms with Crippen molar-refractivity contribution >= 4 is 23.3 Å². The molecule has 106 valence electrons. The number of hydrogen-bond acceptors (Lipinski definition) is 5. The van der Waals surface area contributed by atoms with Gasteiger partial charge in [-0.2, -0.15) is 0 Å². The number of carbonyl (C=O) groups is 1. The van der Waals surface area contributed by atoms with Crippen LogP contribution in [-0.2, 0) is 9.53 Å². The Kier molecular flexibility index (Phi) is 4.89. The molecule has 2 N–H and O–H groups in total. The van der Waals surface area contributed by atoms with E-state index in [1.54, 1.807) is 20.8 Å². The molecule has 0 aliphatic rings. The standard InChI is InChI=1S/C13H18ClNO4/c1-13(2,3)19-12(16)7-18-11-6-10(17-4)8(14)5-9(11)15/h5-6H,7,15H2,1-4H3. The lowest BCUT2D eigenvalue weighted by Gasteiger charge is -2.19. The first-order valence-corrected chi connectivity index (χ1v) is 6.08. The molecule has 0 aromatic heterocycles. The molecule has 0 radical (unpaired) electrons. The molecule has 0 unspecified atom stereocenters. The third kappa shape index (κ3) is 4.87. The lowest BCUT2D eigenvalue weighted by Crippen LogP contribution is -2.27. The van der Waals surface area contributed by atoms with E-state index < -0.39 is 11.6 Å². The molecule has 0 saturated heterocycles. The van der Waals surface area contributed by atoms with Crippen LogP contribution in [0.2, 0.25) is 5.02 Å². The summed E-state index contributed by atoms with van der Waals surface area (Å²) in [4.78, 5) is 11.5. The van der Waals surface area contributed by atoms with Gasteiger partial charge in [-0.3, -0.25) is 0 Å². The molecule has 1 aromatic rings. The summed E-state index contributed by atoms with van der Waals surface area (Å²) in [5, 5.41) is 0.379. The minimum atomic E-state index is -0.552. The first-order valence-electron chi connectivity index (χ1n) is 5.70. The van der Waals surface area contributed by atoms with Crippen LogP contribution in [0.25, 0.3) is 0 Å². The number of esters is 1. The first-order chi connectivity index (χ1) is 8.73. The summed E-state index contributed by atoms with van der Waals surface area (Å²) in [6.07, 6.45) is 0. The Hall–Kier alpha value is -1.62. The van der Waals surface area contributed by atoms with E-state index in [4.69, 9.17) is 31.5 Å². The fourth-order valence-corrected chi connectivity index (χ4v) is 1.59. The van der Waals surface area contributed by atoms with E-state index in [1.165, 1.54) is 19.2 Å². The Morgan fingerprint density at radius 3 is 2.47 bits per heavy atom. The fourth-order valence-electron chi connectivity index (χ4n) is 1.34. The van der Waals surface area contributed by atoms with Gasteiger partial charge in [-0.05, 0) is 26.8 Å². The zero-order valence-electron chi connectivity index (χ0n) is 11.5. The Balaban J connectivity index is 2.70. The zero-order valence-corrected chi connectivity index (χ0v) is 12.2.